The molecule has 1 rings (SSSR count). The van der Waals surface area contributed by atoms with Gasteiger partial charge in [0.15, 0.2) is 5.78 Å². The highest BCUT2D eigenvalue weighted by Crippen LogP contribution is 2.19. The molecule has 1 aromatic carbocycles. The highest BCUT2D eigenvalue weighted by atomic mass is 35.5. The number of hydrogen-bond donors (Lipinski definition) is 1. The van der Waals surface area contributed by atoms with E-state index in [1.165, 1.54) is 6.92 Å². The number of carbonyl (C=O) groups excluding carboxylic acids is 1. The first-order chi connectivity index (χ1) is 6.11. The first kappa shape index (κ1) is 12.0. The number of nitrogens with two attached hydrogens (primary N) is 1. The van der Waals surface area contributed by atoms with Crippen molar-refractivity contribution in [2.75, 3.05) is 5.73 Å². The number of Topliss-reactive ketones (excluding diaryl/α,β-unsaturated/α-hetero) is 1. The summed E-state index contributed by atoms with van der Waals surface area (Å²) in [6, 6.07) is 4.85. The quantitative estimate of drug-likeness (QED) is 0.558. The van der Waals surface area contributed by atoms with Crippen molar-refractivity contribution in [3.8, 4) is 0 Å². The summed E-state index contributed by atoms with van der Waals surface area (Å²) in [4.78, 5) is 10.9. The third-order valence-corrected chi connectivity index (χ3v) is 1.69. The van der Waals surface area contributed by atoms with E-state index >= 15 is 0 Å². The normalized spacial score (nSPS) is 8.62. The van der Waals surface area contributed by atoms with Crippen LogP contribution in [0.5, 0.6) is 0 Å². The van der Waals surface area contributed by atoms with Gasteiger partial charge in [-0.15, -0.1) is 0 Å². The molecule has 72 valence electrons. The number of halogens is 1. The Hall–Kier alpha value is -1.02. The van der Waals surface area contributed by atoms with Crippen LogP contribution in [0.4, 0.5) is 5.69 Å². The lowest BCUT2D eigenvalue weighted by atomic mass is 10.1. The Morgan fingerprint density at radius 2 is 1.92 bits per heavy atom. The van der Waals surface area contributed by atoms with E-state index in [9.17, 15) is 4.79 Å². The summed E-state index contributed by atoms with van der Waals surface area (Å²) in [6.07, 6.45) is 0. The van der Waals surface area contributed by atoms with Gasteiger partial charge >= 0.3 is 0 Å². The second-order valence-electron chi connectivity index (χ2n) is 2.30. The van der Waals surface area contributed by atoms with Crippen LogP contribution in [-0.4, -0.2) is 5.78 Å². The van der Waals surface area contributed by atoms with E-state index in [0.717, 1.165) is 0 Å². The molecule has 0 saturated heterocycles. The van der Waals surface area contributed by atoms with Gasteiger partial charge in [0.2, 0.25) is 0 Å². The molecule has 0 heterocycles. The molecule has 0 fully saturated rings. The van der Waals surface area contributed by atoms with Crippen LogP contribution in [0.15, 0.2) is 18.2 Å². The van der Waals surface area contributed by atoms with Gasteiger partial charge in [-0.2, -0.15) is 0 Å². The fourth-order valence-electron chi connectivity index (χ4n) is 0.817. The largest absolute Gasteiger partial charge is 0.399 e. The summed E-state index contributed by atoms with van der Waals surface area (Å²) in [5.74, 6) is -0.0463. The van der Waals surface area contributed by atoms with E-state index in [2.05, 4.69) is 0 Å². The van der Waals surface area contributed by atoms with Crippen molar-refractivity contribution in [1.82, 2.24) is 0 Å². The molecule has 0 aliphatic rings. The molecule has 0 unspecified atom stereocenters. The van der Waals surface area contributed by atoms with Crippen molar-refractivity contribution in [1.29, 1.82) is 0 Å². The van der Waals surface area contributed by atoms with Crippen molar-refractivity contribution in [3.63, 3.8) is 0 Å². The molecule has 0 aromatic heterocycles. The number of rotatable bonds is 1. The fraction of sp³-hybridized carbons (Fsp3) is 0.300. The van der Waals surface area contributed by atoms with Crippen LogP contribution < -0.4 is 5.73 Å². The van der Waals surface area contributed by atoms with E-state index in [0.29, 0.717) is 16.3 Å². The maximum absolute atomic E-state index is 10.9. The van der Waals surface area contributed by atoms with Gasteiger partial charge in [-0.25, -0.2) is 0 Å². The average molecular weight is 200 g/mol. The molecule has 0 aliphatic carbocycles. The molecule has 0 aliphatic heterocycles. The molecular formula is C10H14ClNO. The third-order valence-electron chi connectivity index (χ3n) is 1.37. The first-order valence-electron chi connectivity index (χ1n) is 4.17. The zero-order valence-corrected chi connectivity index (χ0v) is 8.85. The minimum Gasteiger partial charge on any atom is -0.399 e. The summed E-state index contributed by atoms with van der Waals surface area (Å²) in [7, 11) is 0. The van der Waals surface area contributed by atoms with Crippen LogP contribution in [0.25, 0.3) is 0 Å². The molecule has 0 spiro atoms. The Balaban J connectivity index is 0.000000671. The van der Waals surface area contributed by atoms with Gasteiger partial charge in [-0.1, -0.05) is 25.4 Å². The number of nitrogen functional groups attached to an aromatic ring is 1. The molecule has 0 bridgehead atoms. The van der Waals surface area contributed by atoms with E-state index in [4.69, 9.17) is 17.3 Å². The molecule has 13 heavy (non-hydrogen) atoms. The van der Waals surface area contributed by atoms with Gasteiger partial charge in [-0.3, -0.25) is 4.79 Å². The van der Waals surface area contributed by atoms with Crippen LogP contribution in [0.3, 0.4) is 0 Å². The minimum atomic E-state index is -0.0463. The number of benzene rings is 1. The predicted molar refractivity (Wildman–Crippen MR) is 57.2 cm³/mol. The van der Waals surface area contributed by atoms with Crippen LogP contribution in [0, 0.1) is 0 Å². The Labute approximate surface area is 83.7 Å². The van der Waals surface area contributed by atoms with Crippen molar-refractivity contribution < 1.29 is 4.79 Å². The van der Waals surface area contributed by atoms with E-state index in [-0.39, 0.29) is 5.78 Å². The number of ketones is 1. The monoisotopic (exact) mass is 199 g/mol. The number of hydrogen-bond acceptors (Lipinski definition) is 2. The zero-order valence-electron chi connectivity index (χ0n) is 8.10. The summed E-state index contributed by atoms with van der Waals surface area (Å²) < 4.78 is 0. The Bertz CT molecular complexity index is 297. The van der Waals surface area contributed by atoms with Gasteiger partial charge in [0.05, 0.1) is 5.02 Å². The maximum Gasteiger partial charge on any atom is 0.161 e. The van der Waals surface area contributed by atoms with Crippen LogP contribution in [0.1, 0.15) is 31.1 Å². The third kappa shape index (κ3) is 3.47. The van der Waals surface area contributed by atoms with Crippen molar-refractivity contribution in [3.05, 3.63) is 28.8 Å². The molecule has 3 heteroatoms. The summed E-state index contributed by atoms with van der Waals surface area (Å²) in [5, 5.41) is 0.414. The van der Waals surface area contributed by atoms with Crippen LogP contribution in [-0.2, 0) is 0 Å². The number of carbonyl (C=O) groups is 1. The van der Waals surface area contributed by atoms with Gasteiger partial charge in [0, 0.05) is 11.3 Å². The van der Waals surface area contributed by atoms with Crippen LogP contribution >= 0.6 is 11.6 Å². The second kappa shape index (κ2) is 5.60. The van der Waals surface area contributed by atoms with Crippen molar-refractivity contribution >= 4 is 23.1 Å². The van der Waals surface area contributed by atoms with Crippen LogP contribution in [0.2, 0.25) is 5.02 Å². The van der Waals surface area contributed by atoms with Crippen molar-refractivity contribution in [2.45, 2.75) is 20.8 Å². The smallest absolute Gasteiger partial charge is 0.161 e. The first-order valence-corrected chi connectivity index (χ1v) is 4.55. The SMILES string of the molecule is CC.CC(=O)c1ccc(N)cc1Cl. The molecule has 2 N–H and O–H groups in total. The zero-order chi connectivity index (χ0) is 10.4. The van der Waals surface area contributed by atoms with E-state index < -0.39 is 0 Å². The Kier molecular flexibility index (Phi) is 5.16. The lowest BCUT2D eigenvalue weighted by Crippen LogP contribution is -1.94. The van der Waals surface area contributed by atoms with E-state index in [1.54, 1.807) is 18.2 Å². The predicted octanol–water partition coefficient (Wildman–Crippen LogP) is 3.15. The molecule has 0 atom stereocenters. The second-order valence-corrected chi connectivity index (χ2v) is 2.70. The van der Waals surface area contributed by atoms with E-state index in [1.807, 2.05) is 13.8 Å². The highest BCUT2D eigenvalue weighted by Gasteiger charge is 2.03. The fourth-order valence-corrected chi connectivity index (χ4v) is 1.14. The molecular weight excluding hydrogens is 186 g/mol. The lowest BCUT2D eigenvalue weighted by molar-refractivity contribution is 0.101. The summed E-state index contributed by atoms with van der Waals surface area (Å²) >= 11 is 5.72. The number of anilines is 1. The van der Waals surface area contributed by atoms with Gasteiger partial charge < -0.3 is 5.73 Å². The molecule has 0 radical (unpaired) electrons. The molecule has 1 aromatic rings. The lowest BCUT2D eigenvalue weighted by Gasteiger charge is -1.99. The molecule has 0 saturated carbocycles. The van der Waals surface area contributed by atoms with Gasteiger partial charge in [-0.05, 0) is 25.1 Å². The Morgan fingerprint density at radius 3 is 2.31 bits per heavy atom. The van der Waals surface area contributed by atoms with Gasteiger partial charge in [0.25, 0.3) is 0 Å². The highest BCUT2D eigenvalue weighted by molar-refractivity contribution is 6.34. The van der Waals surface area contributed by atoms with Crippen molar-refractivity contribution in [2.24, 2.45) is 0 Å². The molecule has 2 nitrogen and oxygen atoms in total. The standard InChI is InChI=1S/C8H8ClNO.C2H6/c1-5(11)7-3-2-6(10)4-8(7)9;1-2/h2-4H,10H2,1H3;1-2H3. The molecule has 0 amide bonds. The summed E-state index contributed by atoms with van der Waals surface area (Å²) in [5.41, 5.74) is 6.52. The Morgan fingerprint density at radius 1 is 1.38 bits per heavy atom. The topological polar surface area (TPSA) is 43.1 Å². The van der Waals surface area contributed by atoms with Gasteiger partial charge in [0.1, 0.15) is 0 Å². The summed E-state index contributed by atoms with van der Waals surface area (Å²) in [6.45, 7) is 5.47. The average Bonchev–Trinajstić information content (AvgIpc) is 2.07. The minimum absolute atomic E-state index is 0.0463. The maximum atomic E-state index is 10.9.